The third-order valence-electron chi connectivity index (χ3n) is 4.54. The molecule has 1 saturated heterocycles. The minimum absolute atomic E-state index is 0.0668. The second-order valence-electron chi connectivity index (χ2n) is 6.29. The highest BCUT2D eigenvalue weighted by Crippen LogP contribution is 2.20. The van der Waals surface area contributed by atoms with Gasteiger partial charge in [0.15, 0.2) is 0 Å². The van der Waals surface area contributed by atoms with E-state index in [9.17, 15) is 9.59 Å². The first-order chi connectivity index (χ1) is 12.1. The number of likely N-dealkylation sites (tertiary alicyclic amines) is 1. The van der Waals surface area contributed by atoms with E-state index < -0.39 is 0 Å². The van der Waals surface area contributed by atoms with Gasteiger partial charge in [-0.2, -0.15) is 0 Å². The fraction of sp³-hybridized carbons (Fsp3) is 0.389. The number of amides is 2. The van der Waals surface area contributed by atoms with Gasteiger partial charge in [0.2, 0.25) is 5.91 Å². The molecule has 25 heavy (non-hydrogen) atoms. The van der Waals surface area contributed by atoms with E-state index in [4.69, 9.17) is 4.52 Å². The Bertz CT molecular complexity index is 744. The third-order valence-corrected chi connectivity index (χ3v) is 4.54. The number of nitrogens with zero attached hydrogens (tertiary/aromatic N) is 2. The lowest BCUT2D eigenvalue weighted by Gasteiger charge is -2.18. The zero-order valence-electron chi connectivity index (χ0n) is 14.4. The van der Waals surface area contributed by atoms with Gasteiger partial charge in [-0.3, -0.25) is 14.5 Å². The quantitative estimate of drug-likeness (QED) is 0.845. The minimum atomic E-state index is -0.294. The standard InChI is InChI=1S/C18H22N4O3/c1-12-15(11-25-21-12)18(24)20-16-10-22(9-14(16)17(23)19-2)8-13-6-4-3-5-7-13/h3-7,11,14,16H,8-10H2,1-2H3,(H,19,23)(H,20,24)/t14-,16-/m0/s1. The van der Waals surface area contributed by atoms with Gasteiger partial charge < -0.3 is 15.2 Å². The second-order valence-corrected chi connectivity index (χ2v) is 6.29. The Labute approximate surface area is 146 Å². The summed E-state index contributed by atoms with van der Waals surface area (Å²) in [6, 6.07) is 9.82. The van der Waals surface area contributed by atoms with E-state index in [1.54, 1.807) is 14.0 Å². The smallest absolute Gasteiger partial charge is 0.256 e. The first kappa shape index (κ1) is 17.2. The first-order valence-electron chi connectivity index (χ1n) is 8.28. The van der Waals surface area contributed by atoms with Crippen LogP contribution in [0, 0.1) is 12.8 Å². The van der Waals surface area contributed by atoms with Crippen LogP contribution >= 0.6 is 0 Å². The lowest BCUT2D eigenvalue weighted by Crippen LogP contribution is -2.45. The highest BCUT2D eigenvalue weighted by Gasteiger charge is 2.38. The number of aromatic nitrogens is 1. The molecule has 3 rings (SSSR count). The third kappa shape index (κ3) is 3.88. The van der Waals surface area contributed by atoms with E-state index in [1.807, 2.05) is 18.2 Å². The van der Waals surface area contributed by atoms with E-state index in [2.05, 4.69) is 32.8 Å². The van der Waals surface area contributed by atoms with Gasteiger partial charge in [-0.25, -0.2) is 0 Å². The molecule has 2 amide bonds. The van der Waals surface area contributed by atoms with Crippen molar-refractivity contribution in [3.63, 3.8) is 0 Å². The minimum Gasteiger partial charge on any atom is -0.364 e. The van der Waals surface area contributed by atoms with Crippen LogP contribution < -0.4 is 10.6 Å². The Morgan fingerprint density at radius 1 is 1.28 bits per heavy atom. The maximum Gasteiger partial charge on any atom is 0.256 e. The van der Waals surface area contributed by atoms with Crippen LogP contribution in [0.2, 0.25) is 0 Å². The van der Waals surface area contributed by atoms with Gasteiger partial charge in [0.1, 0.15) is 11.8 Å². The van der Waals surface area contributed by atoms with Crippen molar-refractivity contribution in [2.24, 2.45) is 5.92 Å². The SMILES string of the molecule is CNC(=O)[C@H]1CN(Cc2ccccc2)C[C@@H]1NC(=O)c1conc1C. The molecule has 0 aliphatic carbocycles. The van der Waals surface area contributed by atoms with Crippen molar-refractivity contribution in [1.82, 2.24) is 20.7 Å². The van der Waals surface area contributed by atoms with Crippen LogP contribution in [-0.2, 0) is 11.3 Å². The summed E-state index contributed by atoms with van der Waals surface area (Å²) in [5, 5.41) is 9.38. The number of rotatable bonds is 5. The van der Waals surface area contributed by atoms with Crippen LogP contribution in [0.15, 0.2) is 41.1 Å². The summed E-state index contributed by atoms with van der Waals surface area (Å²) in [5.41, 5.74) is 2.12. The molecule has 1 aromatic heterocycles. The summed E-state index contributed by atoms with van der Waals surface area (Å²) in [7, 11) is 1.62. The predicted octanol–water partition coefficient (Wildman–Crippen LogP) is 0.959. The van der Waals surface area contributed by atoms with Crippen molar-refractivity contribution >= 4 is 11.8 Å². The molecule has 0 unspecified atom stereocenters. The molecule has 1 aromatic carbocycles. The molecule has 1 aliphatic rings. The first-order valence-corrected chi connectivity index (χ1v) is 8.28. The predicted molar refractivity (Wildman–Crippen MR) is 91.8 cm³/mol. The summed E-state index contributed by atoms with van der Waals surface area (Å²) in [6.45, 7) is 3.67. The van der Waals surface area contributed by atoms with Crippen molar-refractivity contribution in [1.29, 1.82) is 0 Å². The molecule has 2 aromatic rings. The molecule has 0 bridgehead atoms. The van der Waals surface area contributed by atoms with Gasteiger partial charge in [0.05, 0.1) is 17.7 Å². The fourth-order valence-electron chi connectivity index (χ4n) is 3.21. The van der Waals surface area contributed by atoms with Crippen molar-refractivity contribution in [3.05, 3.63) is 53.4 Å². The van der Waals surface area contributed by atoms with E-state index in [-0.39, 0.29) is 23.8 Å². The maximum atomic E-state index is 12.4. The fourth-order valence-corrected chi connectivity index (χ4v) is 3.21. The van der Waals surface area contributed by atoms with Gasteiger partial charge >= 0.3 is 0 Å². The number of benzene rings is 1. The molecule has 132 valence electrons. The molecule has 2 N–H and O–H groups in total. The monoisotopic (exact) mass is 342 g/mol. The second kappa shape index (κ2) is 7.48. The Balaban J connectivity index is 1.70. The molecule has 1 fully saturated rings. The van der Waals surface area contributed by atoms with Gasteiger partial charge in [-0.15, -0.1) is 0 Å². The van der Waals surface area contributed by atoms with Gasteiger partial charge in [0, 0.05) is 26.7 Å². The van der Waals surface area contributed by atoms with Crippen LogP contribution in [-0.4, -0.2) is 48.0 Å². The molecule has 2 atom stereocenters. The van der Waals surface area contributed by atoms with E-state index in [0.29, 0.717) is 24.3 Å². The number of nitrogens with one attached hydrogen (secondary N) is 2. The average Bonchev–Trinajstić information content (AvgIpc) is 3.21. The topological polar surface area (TPSA) is 87.5 Å². The Morgan fingerprint density at radius 3 is 2.68 bits per heavy atom. The molecule has 0 radical (unpaired) electrons. The van der Waals surface area contributed by atoms with Crippen molar-refractivity contribution in [2.45, 2.75) is 19.5 Å². The molecule has 0 spiro atoms. The normalized spacial score (nSPS) is 20.4. The molecular formula is C18H22N4O3. The summed E-state index contributed by atoms with van der Waals surface area (Å²) in [5.74, 6) is -0.625. The molecule has 1 aliphatic heterocycles. The van der Waals surface area contributed by atoms with Crippen molar-refractivity contribution < 1.29 is 14.1 Å². The van der Waals surface area contributed by atoms with Crippen LogP contribution in [0.25, 0.3) is 0 Å². The van der Waals surface area contributed by atoms with Crippen LogP contribution in [0.4, 0.5) is 0 Å². The Morgan fingerprint density at radius 2 is 2.04 bits per heavy atom. The van der Waals surface area contributed by atoms with Gasteiger partial charge in [0.25, 0.3) is 5.91 Å². The van der Waals surface area contributed by atoms with Crippen molar-refractivity contribution in [2.75, 3.05) is 20.1 Å². The molecule has 0 saturated carbocycles. The number of aryl methyl sites for hydroxylation is 1. The average molecular weight is 342 g/mol. The summed E-state index contributed by atoms with van der Waals surface area (Å²) >= 11 is 0. The lowest BCUT2D eigenvalue weighted by molar-refractivity contribution is -0.124. The highest BCUT2D eigenvalue weighted by molar-refractivity contribution is 5.95. The molecular weight excluding hydrogens is 320 g/mol. The number of hydrogen-bond acceptors (Lipinski definition) is 5. The highest BCUT2D eigenvalue weighted by atomic mass is 16.5. The zero-order valence-corrected chi connectivity index (χ0v) is 14.4. The maximum absolute atomic E-state index is 12.4. The van der Waals surface area contributed by atoms with Crippen LogP contribution in [0.5, 0.6) is 0 Å². The van der Waals surface area contributed by atoms with E-state index in [0.717, 1.165) is 6.54 Å². The summed E-state index contributed by atoms with van der Waals surface area (Å²) in [6.07, 6.45) is 1.33. The Kier molecular flexibility index (Phi) is 5.14. The number of carbonyl (C=O) groups excluding carboxylic acids is 2. The molecule has 7 heteroatoms. The number of carbonyl (C=O) groups is 2. The summed E-state index contributed by atoms with van der Waals surface area (Å²) in [4.78, 5) is 26.9. The zero-order chi connectivity index (χ0) is 17.8. The Hall–Kier alpha value is -2.67. The van der Waals surface area contributed by atoms with E-state index >= 15 is 0 Å². The van der Waals surface area contributed by atoms with Gasteiger partial charge in [-0.1, -0.05) is 35.5 Å². The molecule has 7 nitrogen and oxygen atoms in total. The van der Waals surface area contributed by atoms with Crippen molar-refractivity contribution in [3.8, 4) is 0 Å². The largest absolute Gasteiger partial charge is 0.364 e. The lowest BCUT2D eigenvalue weighted by atomic mass is 10.0. The van der Waals surface area contributed by atoms with Gasteiger partial charge in [-0.05, 0) is 12.5 Å². The number of hydrogen-bond donors (Lipinski definition) is 2. The summed E-state index contributed by atoms with van der Waals surface area (Å²) < 4.78 is 4.83. The van der Waals surface area contributed by atoms with Crippen LogP contribution in [0.3, 0.4) is 0 Å². The molecule has 2 heterocycles. The van der Waals surface area contributed by atoms with Crippen LogP contribution in [0.1, 0.15) is 21.6 Å². The van der Waals surface area contributed by atoms with E-state index in [1.165, 1.54) is 11.8 Å².